The number of aliphatic carboxylic acids is 1. The molecule has 1 unspecified atom stereocenters. The molecule has 66 valence electrons. The molecule has 11 heavy (non-hydrogen) atoms. The summed E-state index contributed by atoms with van der Waals surface area (Å²) in [5.74, 6) is -5.57. The number of alkyl halides is 2. The van der Waals surface area contributed by atoms with E-state index in [1.807, 2.05) is 0 Å². The molecule has 0 rings (SSSR count). The molecule has 0 fully saturated rings. The van der Waals surface area contributed by atoms with Crippen molar-refractivity contribution in [2.24, 2.45) is 5.73 Å². The summed E-state index contributed by atoms with van der Waals surface area (Å²) in [6, 6.07) is -2.10. The molecule has 0 spiro atoms. The van der Waals surface area contributed by atoms with Crippen molar-refractivity contribution in [1.82, 2.24) is 0 Å². The van der Waals surface area contributed by atoms with Crippen LogP contribution in [-0.2, 0) is 4.79 Å². The van der Waals surface area contributed by atoms with Gasteiger partial charge in [0.2, 0.25) is 0 Å². The van der Waals surface area contributed by atoms with Crippen molar-refractivity contribution in [3.8, 4) is 0 Å². The molecule has 0 aliphatic rings. The highest BCUT2D eigenvalue weighted by Gasteiger charge is 2.41. The fourth-order valence-corrected chi connectivity index (χ4v) is 1.03. The summed E-state index contributed by atoms with van der Waals surface area (Å²) < 4.78 is 25.1. The van der Waals surface area contributed by atoms with Crippen LogP contribution in [-0.4, -0.2) is 35.0 Å². The van der Waals surface area contributed by atoms with Gasteiger partial charge in [0.1, 0.15) is 0 Å². The van der Waals surface area contributed by atoms with Gasteiger partial charge in [-0.05, 0) is 6.26 Å². The zero-order chi connectivity index (χ0) is 9.07. The van der Waals surface area contributed by atoms with Gasteiger partial charge < -0.3 is 10.8 Å². The van der Waals surface area contributed by atoms with Gasteiger partial charge in [-0.25, -0.2) is 8.78 Å². The molecule has 3 N–H and O–H groups in total. The Morgan fingerprint density at radius 2 is 2.27 bits per heavy atom. The van der Waals surface area contributed by atoms with Gasteiger partial charge in [-0.15, -0.1) is 0 Å². The number of carbonyl (C=O) groups is 1. The first-order valence-corrected chi connectivity index (χ1v) is 4.16. The van der Waals surface area contributed by atoms with Crippen LogP contribution < -0.4 is 5.73 Å². The minimum Gasteiger partial charge on any atom is -0.480 e. The zero-order valence-corrected chi connectivity index (χ0v) is 6.70. The molecule has 1 atom stereocenters. The van der Waals surface area contributed by atoms with Crippen LogP contribution in [0.4, 0.5) is 8.78 Å². The highest BCUT2D eigenvalue weighted by Crippen LogP contribution is 2.21. The monoisotopic (exact) mass is 185 g/mol. The molecule has 0 heterocycles. The van der Waals surface area contributed by atoms with E-state index >= 15 is 0 Å². The molecule has 6 heteroatoms. The van der Waals surface area contributed by atoms with Crippen molar-refractivity contribution in [2.75, 3.05) is 12.0 Å². The number of thioether (sulfide) groups is 1. The lowest BCUT2D eigenvalue weighted by molar-refractivity contribution is -0.146. The SMILES string of the molecule is CSCC(F)(F)C(N)C(=O)O. The minimum absolute atomic E-state index is 0.569. The molecule has 0 saturated heterocycles. The molecule has 0 aliphatic carbocycles. The van der Waals surface area contributed by atoms with E-state index in [0.717, 1.165) is 11.8 Å². The maximum Gasteiger partial charge on any atom is 0.326 e. The molecule has 0 aromatic rings. The molecule has 0 bridgehead atoms. The van der Waals surface area contributed by atoms with Crippen LogP contribution in [0.5, 0.6) is 0 Å². The van der Waals surface area contributed by atoms with Crippen LogP contribution in [0.3, 0.4) is 0 Å². The van der Waals surface area contributed by atoms with E-state index in [1.54, 1.807) is 0 Å². The van der Waals surface area contributed by atoms with E-state index in [2.05, 4.69) is 0 Å². The lowest BCUT2D eigenvalue weighted by Gasteiger charge is -2.18. The quantitative estimate of drug-likeness (QED) is 0.665. The molecule has 0 saturated carbocycles. The lowest BCUT2D eigenvalue weighted by Crippen LogP contribution is -2.48. The van der Waals surface area contributed by atoms with Gasteiger partial charge in [0.15, 0.2) is 6.04 Å². The topological polar surface area (TPSA) is 63.3 Å². The summed E-state index contributed by atoms with van der Waals surface area (Å²) in [5, 5.41) is 8.13. The average molecular weight is 185 g/mol. The van der Waals surface area contributed by atoms with E-state index in [-0.39, 0.29) is 0 Å². The largest absolute Gasteiger partial charge is 0.480 e. The molecular formula is C5H9F2NO2S. The zero-order valence-electron chi connectivity index (χ0n) is 5.88. The van der Waals surface area contributed by atoms with Crippen molar-refractivity contribution in [2.45, 2.75) is 12.0 Å². The fraction of sp³-hybridized carbons (Fsp3) is 0.800. The van der Waals surface area contributed by atoms with Crippen LogP contribution in [0, 0.1) is 0 Å². The van der Waals surface area contributed by atoms with E-state index in [0.29, 0.717) is 0 Å². The molecule has 0 aliphatic heterocycles. The number of rotatable bonds is 4. The van der Waals surface area contributed by atoms with E-state index < -0.39 is 23.7 Å². The normalized spacial score (nSPS) is 14.5. The van der Waals surface area contributed by atoms with Crippen molar-refractivity contribution < 1.29 is 18.7 Å². The van der Waals surface area contributed by atoms with Gasteiger partial charge in [-0.3, -0.25) is 4.79 Å². The smallest absolute Gasteiger partial charge is 0.326 e. The third-order valence-corrected chi connectivity index (χ3v) is 1.73. The number of halogens is 2. The number of hydrogen-bond donors (Lipinski definition) is 2. The summed E-state index contributed by atoms with van der Waals surface area (Å²) >= 11 is 0.861. The number of carboxylic acids is 1. The first kappa shape index (κ1) is 10.6. The Bertz CT molecular complexity index is 153. The fourth-order valence-electron chi connectivity index (χ4n) is 0.463. The number of nitrogens with two attached hydrogens (primary N) is 1. The van der Waals surface area contributed by atoms with Crippen molar-refractivity contribution >= 4 is 17.7 Å². The van der Waals surface area contributed by atoms with Gasteiger partial charge in [0.05, 0.1) is 5.75 Å². The Kier molecular flexibility index (Phi) is 3.74. The molecule has 0 radical (unpaired) electrons. The first-order chi connectivity index (χ1) is 4.91. The van der Waals surface area contributed by atoms with Gasteiger partial charge in [0.25, 0.3) is 5.92 Å². The van der Waals surface area contributed by atoms with E-state index in [1.165, 1.54) is 6.26 Å². The predicted octanol–water partition coefficient (Wildman–Crippen LogP) is 0.397. The van der Waals surface area contributed by atoms with Gasteiger partial charge >= 0.3 is 5.97 Å². The highest BCUT2D eigenvalue weighted by atomic mass is 32.2. The Hall–Kier alpha value is -0.360. The summed E-state index contributed by atoms with van der Waals surface area (Å²) in [5.41, 5.74) is 4.72. The summed E-state index contributed by atoms with van der Waals surface area (Å²) in [6.07, 6.45) is 1.46. The average Bonchev–Trinajstić information content (AvgIpc) is 1.86. The highest BCUT2D eigenvalue weighted by molar-refractivity contribution is 7.98. The van der Waals surface area contributed by atoms with Gasteiger partial charge in [0, 0.05) is 0 Å². The Morgan fingerprint density at radius 3 is 2.55 bits per heavy atom. The van der Waals surface area contributed by atoms with Crippen molar-refractivity contribution in [3.63, 3.8) is 0 Å². The number of hydrogen-bond acceptors (Lipinski definition) is 3. The Morgan fingerprint density at radius 1 is 1.82 bits per heavy atom. The molecule has 0 aromatic heterocycles. The summed E-state index contributed by atoms with van der Waals surface area (Å²) in [7, 11) is 0. The molecular weight excluding hydrogens is 176 g/mol. The third-order valence-electron chi connectivity index (χ3n) is 1.06. The third kappa shape index (κ3) is 3.02. The summed E-state index contributed by atoms with van der Waals surface area (Å²) in [4.78, 5) is 10.0. The predicted molar refractivity (Wildman–Crippen MR) is 38.9 cm³/mol. The summed E-state index contributed by atoms with van der Waals surface area (Å²) in [6.45, 7) is 0. The molecule has 3 nitrogen and oxygen atoms in total. The van der Waals surface area contributed by atoms with Crippen LogP contribution >= 0.6 is 11.8 Å². The lowest BCUT2D eigenvalue weighted by atomic mass is 10.2. The second kappa shape index (κ2) is 3.87. The van der Waals surface area contributed by atoms with Crippen LogP contribution in [0.2, 0.25) is 0 Å². The molecule has 0 aromatic carbocycles. The standard InChI is InChI=1S/C5H9F2NO2S/c1-11-2-5(6,7)3(8)4(9)10/h3H,2,8H2,1H3,(H,9,10). The van der Waals surface area contributed by atoms with Crippen molar-refractivity contribution in [1.29, 1.82) is 0 Å². The Labute approximate surface area is 66.9 Å². The van der Waals surface area contributed by atoms with Gasteiger partial charge in [-0.2, -0.15) is 11.8 Å². The van der Waals surface area contributed by atoms with Gasteiger partial charge in [-0.1, -0.05) is 0 Å². The first-order valence-electron chi connectivity index (χ1n) is 2.77. The van der Waals surface area contributed by atoms with Crippen LogP contribution in [0.15, 0.2) is 0 Å². The second-order valence-electron chi connectivity index (χ2n) is 2.01. The van der Waals surface area contributed by atoms with Crippen LogP contribution in [0.1, 0.15) is 0 Å². The number of carboxylic acid groups (broad SMARTS) is 1. The molecule has 0 amide bonds. The second-order valence-corrected chi connectivity index (χ2v) is 2.88. The maximum absolute atomic E-state index is 12.5. The van der Waals surface area contributed by atoms with Crippen LogP contribution in [0.25, 0.3) is 0 Å². The van der Waals surface area contributed by atoms with Crippen molar-refractivity contribution in [3.05, 3.63) is 0 Å². The van der Waals surface area contributed by atoms with E-state index in [9.17, 15) is 13.6 Å². The maximum atomic E-state index is 12.5. The Balaban J connectivity index is 4.16. The van der Waals surface area contributed by atoms with E-state index in [4.69, 9.17) is 10.8 Å². The minimum atomic E-state index is -3.33.